The van der Waals surface area contributed by atoms with Crippen molar-refractivity contribution in [2.75, 3.05) is 11.1 Å². The topological polar surface area (TPSA) is 133 Å². The zero-order valence-corrected chi connectivity index (χ0v) is 11.2. The van der Waals surface area contributed by atoms with E-state index in [1.807, 2.05) is 0 Å². The molecule has 2 atom stereocenters. The van der Waals surface area contributed by atoms with Crippen molar-refractivity contribution in [1.82, 2.24) is 0 Å². The molecule has 0 aliphatic carbocycles. The molecule has 108 valence electrons. The third-order valence-corrected chi connectivity index (χ3v) is 4.07. The van der Waals surface area contributed by atoms with Crippen LogP contribution in [-0.2, 0) is 16.0 Å². The number of anilines is 1. The lowest BCUT2D eigenvalue weighted by Gasteiger charge is -2.25. The van der Waals surface area contributed by atoms with Crippen molar-refractivity contribution < 1.29 is 24.9 Å². The van der Waals surface area contributed by atoms with Crippen LogP contribution in [0.1, 0.15) is 5.56 Å². The quantitative estimate of drug-likeness (QED) is 0.502. The van der Waals surface area contributed by atoms with E-state index in [0.717, 1.165) is 0 Å². The van der Waals surface area contributed by atoms with Crippen LogP contribution >= 0.6 is 11.8 Å². The summed E-state index contributed by atoms with van der Waals surface area (Å²) in [7, 11) is 0. The lowest BCUT2D eigenvalue weighted by Crippen LogP contribution is -2.34. The molecule has 0 saturated heterocycles. The number of aliphatic carboxylic acids is 2. The summed E-state index contributed by atoms with van der Waals surface area (Å²) < 4.78 is 0. The summed E-state index contributed by atoms with van der Waals surface area (Å²) in [6, 6.07) is 1.32. The van der Waals surface area contributed by atoms with Crippen molar-refractivity contribution in [3.8, 4) is 5.75 Å². The molecule has 1 heterocycles. The minimum absolute atomic E-state index is 0.0963. The lowest BCUT2D eigenvalue weighted by atomic mass is 10.1. The zero-order chi connectivity index (χ0) is 14.9. The van der Waals surface area contributed by atoms with Gasteiger partial charge in [0.25, 0.3) is 0 Å². The van der Waals surface area contributed by atoms with Crippen molar-refractivity contribution in [3.63, 3.8) is 0 Å². The fourth-order valence-electron chi connectivity index (χ4n) is 1.90. The lowest BCUT2D eigenvalue weighted by molar-refractivity contribution is -0.139. The maximum atomic E-state index is 10.9. The SMILES string of the molecule is N[C@@H](Cc1cc(O)c2c(c1)SC[C@@H](C(=O)O)N2)C(=O)O. The first-order valence-electron chi connectivity index (χ1n) is 5.85. The van der Waals surface area contributed by atoms with Crippen molar-refractivity contribution >= 4 is 29.4 Å². The average Bonchev–Trinajstić information content (AvgIpc) is 2.38. The second-order valence-electron chi connectivity index (χ2n) is 4.48. The number of hydrogen-bond donors (Lipinski definition) is 5. The number of carboxylic acids is 2. The number of nitrogens with one attached hydrogen (secondary N) is 1. The number of nitrogens with two attached hydrogens (primary N) is 1. The molecular weight excluding hydrogens is 284 g/mol. The Morgan fingerprint density at radius 3 is 2.75 bits per heavy atom. The Morgan fingerprint density at radius 2 is 2.15 bits per heavy atom. The van der Waals surface area contributed by atoms with E-state index in [4.69, 9.17) is 15.9 Å². The third kappa shape index (κ3) is 2.97. The van der Waals surface area contributed by atoms with Crippen molar-refractivity contribution in [2.24, 2.45) is 5.73 Å². The second-order valence-corrected chi connectivity index (χ2v) is 5.54. The standard InChI is InChI=1S/C12H14N2O5S/c13-6(11(16)17)1-5-2-8(15)10-9(3-5)20-4-7(14-10)12(18)19/h2-3,6-7,14-15H,1,4,13H2,(H,16,17)(H,18,19)/t6-,7-/m0/s1. The summed E-state index contributed by atoms with van der Waals surface area (Å²) in [4.78, 5) is 22.3. The van der Waals surface area contributed by atoms with E-state index in [1.165, 1.54) is 17.8 Å². The fourth-order valence-corrected chi connectivity index (χ4v) is 3.01. The molecule has 1 aromatic carbocycles. The van der Waals surface area contributed by atoms with Crippen molar-refractivity contribution in [3.05, 3.63) is 17.7 Å². The van der Waals surface area contributed by atoms with Gasteiger partial charge in [0, 0.05) is 10.6 Å². The van der Waals surface area contributed by atoms with Gasteiger partial charge in [-0.1, -0.05) is 0 Å². The highest BCUT2D eigenvalue weighted by molar-refractivity contribution is 7.99. The Labute approximate surface area is 118 Å². The molecule has 6 N–H and O–H groups in total. The van der Waals surface area contributed by atoms with Gasteiger partial charge in [-0.25, -0.2) is 4.79 Å². The Kier molecular flexibility index (Phi) is 4.05. The van der Waals surface area contributed by atoms with E-state index in [2.05, 4.69) is 5.32 Å². The van der Waals surface area contributed by atoms with Crippen LogP contribution in [0, 0.1) is 0 Å². The second kappa shape index (κ2) is 5.59. The third-order valence-electron chi connectivity index (χ3n) is 2.94. The first kappa shape index (κ1) is 14.5. The molecular formula is C12H14N2O5S. The Morgan fingerprint density at radius 1 is 1.45 bits per heavy atom. The molecule has 1 aliphatic rings. The van der Waals surface area contributed by atoms with Crippen LogP contribution in [0.3, 0.4) is 0 Å². The summed E-state index contributed by atoms with van der Waals surface area (Å²) in [6.45, 7) is 0. The van der Waals surface area contributed by atoms with Gasteiger partial charge >= 0.3 is 11.9 Å². The first-order chi connectivity index (χ1) is 9.38. The summed E-state index contributed by atoms with van der Waals surface area (Å²) >= 11 is 1.30. The molecule has 0 radical (unpaired) electrons. The number of benzene rings is 1. The van der Waals surface area contributed by atoms with Crippen LogP contribution in [0.15, 0.2) is 17.0 Å². The van der Waals surface area contributed by atoms with Gasteiger partial charge in [-0.3, -0.25) is 4.79 Å². The summed E-state index contributed by atoms with van der Waals surface area (Å²) in [6.07, 6.45) is 0.0963. The summed E-state index contributed by atoms with van der Waals surface area (Å²) in [5, 5.41) is 30.4. The fraction of sp³-hybridized carbons (Fsp3) is 0.333. The van der Waals surface area contributed by atoms with Crippen LogP contribution in [0.2, 0.25) is 0 Å². The molecule has 1 aliphatic heterocycles. The van der Waals surface area contributed by atoms with Crippen molar-refractivity contribution in [1.29, 1.82) is 0 Å². The van der Waals surface area contributed by atoms with Gasteiger partial charge in [0.05, 0.1) is 5.69 Å². The molecule has 0 bridgehead atoms. The molecule has 8 heteroatoms. The molecule has 0 amide bonds. The molecule has 2 rings (SSSR count). The molecule has 0 saturated carbocycles. The number of phenolic OH excluding ortho intramolecular Hbond substituents is 1. The molecule has 7 nitrogen and oxygen atoms in total. The molecule has 1 aromatic rings. The Bertz CT molecular complexity index is 563. The van der Waals surface area contributed by atoms with Crippen LogP contribution in [0.25, 0.3) is 0 Å². The smallest absolute Gasteiger partial charge is 0.327 e. The van der Waals surface area contributed by atoms with E-state index >= 15 is 0 Å². The zero-order valence-electron chi connectivity index (χ0n) is 10.4. The molecule has 0 fully saturated rings. The number of carbonyl (C=O) groups is 2. The van der Waals surface area contributed by atoms with Gasteiger partial charge in [0.2, 0.25) is 0 Å². The normalized spacial score (nSPS) is 18.8. The highest BCUT2D eigenvalue weighted by Gasteiger charge is 2.26. The van der Waals surface area contributed by atoms with E-state index in [9.17, 15) is 14.7 Å². The predicted octanol–water partition coefficient (Wildman–Crippen LogP) is 0.317. The van der Waals surface area contributed by atoms with Crippen LogP contribution < -0.4 is 11.1 Å². The largest absolute Gasteiger partial charge is 0.506 e. The number of fused-ring (bicyclic) bond motifs is 1. The maximum Gasteiger partial charge on any atom is 0.327 e. The van der Waals surface area contributed by atoms with E-state index in [0.29, 0.717) is 21.9 Å². The number of aromatic hydroxyl groups is 1. The van der Waals surface area contributed by atoms with Gasteiger partial charge in [0.1, 0.15) is 17.8 Å². The van der Waals surface area contributed by atoms with Gasteiger partial charge in [-0.05, 0) is 24.1 Å². The summed E-state index contributed by atoms with van der Waals surface area (Å²) in [5.41, 5.74) is 6.41. The van der Waals surface area contributed by atoms with Gasteiger partial charge in [-0.15, -0.1) is 11.8 Å². The van der Waals surface area contributed by atoms with Crippen molar-refractivity contribution in [2.45, 2.75) is 23.4 Å². The van der Waals surface area contributed by atoms with Gasteiger partial charge in [0.15, 0.2) is 0 Å². The van der Waals surface area contributed by atoms with E-state index in [1.54, 1.807) is 6.07 Å². The van der Waals surface area contributed by atoms with E-state index < -0.39 is 24.0 Å². The highest BCUT2D eigenvalue weighted by Crippen LogP contribution is 2.40. The number of rotatable bonds is 4. The number of thioether (sulfide) groups is 1. The number of hydrogen-bond acceptors (Lipinski definition) is 6. The van der Waals surface area contributed by atoms with Crippen LogP contribution in [0.5, 0.6) is 5.75 Å². The Hall–Kier alpha value is -1.93. The van der Waals surface area contributed by atoms with Crippen LogP contribution in [0.4, 0.5) is 5.69 Å². The van der Waals surface area contributed by atoms with Gasteiger partial charge in [-0.2, -0.15) is 0 Å². The highest BCUT2D eigenvalue weighted by atomic mass is 32.2. The van der Waals surface area contributed by atoms with E-state index in [-0.39, 0.29) is 12.2 Å². The minimum Gasteiger partial charge on any atom is -0.506 e. The summed E-state index contributed by atoms with van der Waals surface area (Å²) in [5.74, 6) is -1.87. The average molecular weight is 298 g/mol. The predicted molar refractivity (Wildman–Crippen MR) is 73.2 cm³/mol. The maximum absolute atomic E-state index is 10.9. The van der Waals surface area contributed by atoms with Gasteiger partial charge < -0.3 is 26.4 Å². The first-order valence-corrected chi connectivity index (χ1v) is 6.83. The number of carboxylic acid groups (broad SMARTS) is 2. The Balaban J connectivity index is 2.24. The number of phenols is 1. The molecule has 0 aromatic heterocycles. The van der Waals surface area contributed by atoms with Crippen LogP contribution in [-0.4, -0.2) is 45.1 Å². The minimum atomic E-state index is -1.11. The molecule has 0 unspecified atom stereocenters. The monoisotopic (exact) mass is 298 g/mol. The molecule has 0 spiro atoms. The molecule has 20 heavy (non-hydrogen) atoms.